The van der Waals surface area contributed by atoms with Gasteiger partial charge in [-0.2, -0.15) is 0 Å². The summed E-state index contributed by atoms with van der Waals surface area (Å²) >= 11 is 3.19. The minimum atomic E-state index is -0.0552. The molecule has 0 unspecified atom stereocenters. The lowest BCUT2D eigenvalue weighted by Gasteiger charge is -2.16. The second-order valence-electron chi connectivity index (χ2n) is 4.83. The highest BCUT2D eigenvalue weighted by molar-refractivity contribution is 9.10. The van der Waals surface area contributed by atoms with Crippen LogP contribution >= 0.6 is 15.9 Å². The largest absolute Gasteiger partial charge is 0.493 e. The smallest absolute Gasteiger partial charge is 0.256 e. The lowest BCUT2D eigenvalue weighted by atomic mass is 10.2. The van der Waals surface area contributed by atoms with Crippen LogP contribution in [0.15, 0.2) is 45.7 Å². The maximum absolute atomic E-state index is 12.1. The molecule has 2 rings (SSSR count). The van der Waals surface area contributed by atoms with Gasteiger partial charge in [0, 0.05) is 19.7 Å². The van der Waals surface area contributed by atoms with Crippen molar-refractivity contribution in [2.24, 2.45) is 0 Å². The van der Waals surface area contributed by atoms with Gasteiger partial charge in [0.05, 0.1) is 12.2 Å². The van der Waals surface area contributed by atoms with Crippen molar-refractivity contribution in [2.75, 3.05) is 20.2 Å². The number of nitrogens with zero attached hydrogens (tertiary/aromatic N) is 1. The van der Waals surface area contributed by atoms with Crippen LogP contribution in [0.4, 0.5) is 0 Å². The van der Waals surface area contributed by atoms with Crippen molar-refractivity contribution in [1.82, 2.24) is 4.90 Å². The third-order valence-electron chi connectivity index (χ3n) is 3.15. The summed E-state index contributed by atoms with van der Waals surface area (Å²) in [7, 11) is 1.77. The Balaban J connectivity index is 1.76. The Morgan fingerprint density at radius 2 is 2.14 bits per heavy atom. The van der Waals surface area contributed by atoms with E-state index in [1.54, 1.807) is 18.0 Å². The third kappa shape index (κ3) is 4.36. The maximum Gasteiger partial charge on any atom is 0.256 e. The van der Waals surface area contributed by atoms with Crippen LogP contribution in [0.5, 0.6) is 5.75 Å². The Hall–Kier alpha value is -1.75. The molecule has 21 heavy (non-hydrogen) atoms. The van der Waals surface area contributed by atoms with Gasteiger partial charge in [0.1, 0.15) is 12.0 Å². The van der Waals surface area contributed by atoms with E-state index in [0.717, 1.165) is 17.7 Å². The molecule has 1 aromatic heterocycles. The summed E-state index contributed by atoms with van der Waals surface area (Å²) < 4.78 is 11.3. The van der Waals surface area contributed by atoms with Crippen molar-refractivity contribution >= 4 is 21.8 Å². The second-order valence-corrected chi connectivity index (χ2v) is 5.62. The van der Waals surface area contributed by atoms with Crippen LogP contribution < -0.4 is 4.74 Å². The highest BCUT2D eigenvalue weighted by Crippen LogP contribution is 2.17. The monoisotopic (exact) mass is 351 g/mol. The average molecular weight is 352 g/mol. The topological polar surface area (TPSA) is 42.7 Å². The van der Waals surface area contributed by atoms with Gasteiger partial charge in [-0.15, -0.1) is 0 Å². The third-order valence-corrected chi connectivity index (χ3v) is 3.57. The van der Waals surface area contributed by atoms with Gasteiger partial charge in [0.25, 0.3) is 5.91 Å². The van der Waals surface area contributed by atoms with Crippen molar-refractivity contribution in [3.63, 3.8) is 0 Å². The second kappa shape index (κ2) is 7.31. The first-order chi connectivity index (χ1) is 10.1. The first-order valence-electron chi connectivity index (χ1n) is 6.76. The molecule has 0 saturated heterocycles. The van der Waals surface area contributed by atoms with Crippen molar-refractivity contribution < 1.29 is 13.9 Å². The minimum Gasteiger partial charge on any atom is -0.493 e. The van der Waals surface area contributed by atoms with E-state index in [1.165, 1.54) is 6.26 Å². The molecule has 0 aliphatic heterocycles. The molecule has 0 atom stereocenters. The van der Waals surface area contributed by atoms with E-state index >= 15 is 0 Å². The summed E-state index contributed by atoms with van der Waals surface area (Å²) in [5, 5.41) is 0. The summed E-state index contributed by atoms with van der Waals surface area (Å²) in [4.78, 5) is 13.7. The van der Waals surface area contributed by atoms with Gasteiger partial charge in [-0.25, -0.2) is 0 Å². The molecule has 0 bridgehead atoms. The molecule has 1 heterocycles. The average Bonchev–Trinajstić information content (AvgIpc) is 2.91. The normalized spacial score (nSPS) is 10.4. The highest BCUT2D eigenvalue weighted by atomic mass is 79.9. The maximum atomic E-state index is 12.1. The Morgan fingerprint density at radius 3 is 2.81 bits per heavy atom. The zero-order valence-electron chi connectivity index (χ0n) is 12.1. The number of furan rings is 1. The lowest BCUT2D eigenvalue weighted by Crippen LogP contribution is -2.28. The summed E-state index contributed by atoms with van der Waals surface area (Å²) in [6.07, 6.45) is 2.22. The molecule has 0 N–H and O–H groups in total. The quantitative estimate of drug-likeness (QED) is 0.741. The van der Waals surface area contributed by atoms with Crippen LogP contribution in [-0.2, 0) is 0 Å². The van der Waals surface area contributed by atoms with Crippen LogP contribution in [0.25, 0.3) is 0 Å². The number of halogens is 1. The Morgan fingerprint density at radius 1 is 1.38 bits per heavy atom. The number of carbonyl (C=O) groups excluding carboxylic acids is 1. The van der Waals surface area contributed by atoms with Crippen molar-refractivity contribution in [2.45, 2.75) is 13.3 Å². The molecule has 1 amide bonds. The molecule has 0 saturated carbocycles. The molecule has 0 aliphatic carbocycles. The fraction of sp³-hybridized carbons (Fsp3) is 0.312. The molecule has 0 aliphatic rings. The van der Waals surface area contributed by atoms with E-state index in [4.69, 9.17) is 9.15 Å². The number of para-hydroxylation sites is 1. The lowest BCUT2D eigenvalue weighted by molar-refractivity contribution is 0.0787. The molecule has 0 fully saturated rings. The number of hydrogen-bond donors (Lipinski definition) is 0. The molecule has 1 aromatic carbocycles. The van der Waals surface area contributed by atoms with Crippen LogP contribution in [0.1, 0.15) is 22.3 Å². The van der Waals surface area contributed by atoms with Gasteiger partial charge >= 0.3 is 0 Å². The molecule has 112 valence electrons. The van der Waals surface area contributed by atoms with Crippen LogP contribution in [-0.4, -0.2) is 31.0 Å². The number of amides is 1. The molecular weight excluding hydrogens is 334 g/mol. The van der Waals surface area contributed by atoms with Crippen molar-refractivity contribution in [3.05, 3.63) is 52.4 Å². The summed E-state index contributed by atoms with van der Waals surface area (Å²) in [6, 6.07) is 9.57. The van der Waals surface area contributed by atoms with Gasteiger partial charge in [-0.1, -0.05) is 18.2 Å². The van der Waals surface area contributed by atoms with Crippen molar-refractivity contribution in [3.8, 4) is 5.75 Å². The number of benzene rings is 1. The molecule has 5 heteroatoms. The fourth-order valence-corrected chi connectivity index (χ4v) is 2.29. The fourth-order valence-electron chi connectivity index (χ4n) is 1.95. The van der Waals surface area contributed by atoms with E-state index in [-0.39, 0.29) is 5.91 Å². The predicted molar refractivity (Wildman–Crippen MR) is 84.7 cm³/mol. The minimum absolute atomic E-state index is 0.0552. The van der Waals surface area contributed by atoms with E-state index in [9.17, 15) is 4.79 Å². The first kappa shape index (κ1) is 15.6. The van der Waals surface area contributed by atoms with Gasteiger partial charge in [-0.3, -0.25) is 4.79 Å². The van der Waals surface area contributed by atoms with Crippen LogP contribution in [0.2, 0.25) is 0 Å². The standard InChI is InChI=1S/C16H18BrNO3/c1-12-6-3-4-7-14(12)20-9-5-8-18(2)16(19)13-10-15(17)21-11-13/h3-4,6-7,10-11H,5,8-9H2,1-2H3. The molecular formula is C16H18BrNO3. The van der Waals surface area contributed by atoms with E-state index in [0.29, 0.717) is 23.4 Å². The summed E-state index contributed by atoms with van der Waals surface area (Å²) in [5.74, 6) is 0.839. The number of aryl methyl sites for hydroxylation is 1. The predicted octanol–water partition coefficient (Wildman–Crippen LogP) is 3.89. The Labute approximate surface area is 132 Å². The van der Waals surface area contributed by atoms with E-state index in [1.807, 2.05) is 31.2 Å². The number of rotatable bonds is 6. The van der Waals surface area contributed by atoms with Crippen LogP contribution in [0.3, 0.4) is 0 Å². The van der Waals surface area contributed by atoms with Gasteiger partial charge in [-0.05, 0) is 40.9 Å². The SMILES string of the molecule is Cc1ccccc1OCCCN(C)C(=O)c1coc(Br)c1. The van der Waals surface area contributed by atoms with Crippen LogP contribution in [0, 0.1) is 6.92 Å². The first-order valence-corrected chi connectivity index (χ1v) is 7.55. The Bertz CT molecular complexity index is 609. The molecule has 2 aromatic rings. The number of ether oxygens (including phenoxy) is 1. The zero-order valence-corrected chi connectivity index (χ0v) is 13.7. The molecule has 4 nitrogen and oxygen atoms in total. The number of hydrogen-bond acceptors (Lipinski definition) is 3. The number of carbonyl (C=O) groups is 1. The summed E-state index contributed by atoms with van der Waals surface area (Å²) in [6.45, 7) is 3.23. The zero-order chi connectivity index (χ0) is 15.2. The van der Waals surface area contributed by atoms with Crippen molar-refractivity contribution in [1.29, 1.82) is 0 Å². The Kier molecular flexibility index (Phi) is 5.44. The van der Waals surface area contributed by atoms with E-state index in [2.05, 4.69) is 15.9 Å². The highest BCUT2D eigenvalue weighted by Gasteiger charge is 2.13. The van der Waals surface area contributed by atoms with E-state index < -0.39 is 0 Å². The van der Waals surface area contributed by atoms with Gasteiger partial charge in [0.15, 0.2) is 4.67 Å². The van der Waals surface area contributed by atoms with Gasteiger partial charge < -0.3 is 14.1 Å². The van der Waals surface area contributed by atoms with Gasteiger partial charge in [0.2, 0.25) is 0 Å². The summed E-state index contributed by atoms with van der Waals surface area (Å²) in [5.41, 5.74) is 1.66. The molecule has 0 spiro atoms. The molecule has 0 radical (unpaired) electrons.